The number of unbranched alkanes of at least 4 members (excludes halogenated alkanes) is 1. The second-order valence-corrected chi connectivity index (χ2v) is 7.13. The SMILES string of the molecule is CCCCn1c(O)c2n(c1=O)[C@H](c1ccoc1)c1[nH]c3ccccc3c1C2. The zero-order chi connectivity index (χ0) is 18.5. The van der Waals surface area contributed by atoms with Gasteiger partial charge in [-0.05, 0) is 24.1 Å². The maximum Gasteiger partial charge on any atom is 0.332 e. The van der Waals surface area contributed by atoms with Crippen molar-refractivity contribution in [3.63, 3.8) is 0 Å². The number of fused-ring (bicyclic) bond motifs is 4. The Balaban J connectivity index is 1.79. The number of furan rings is 1. The van der Waals surface area contributed by atoms with Gasteiger partial charge in [0.2, 0.25) is 5.88 Å². The van der Waals surface area contributed by atoms with Crippen LogP contribution < -0.4 is 5.69 Å². The van der Waals surface area contributed by atoms with Gasteiger partial charge < -0.3 is 14.5 Å². The Kier molecular flexibility index (Phi) is 3.53. The lowest BCUT2D eigenvalue weighted by molar-refractivity contribution is 0.404. The van der Waals surface area contributed by atoms with E-state index in [1.54, 1.807) is 17.1 Å². The Hall–Kier alpha value is -3.15. The molecule has 0 radical (unpaired) electrons. The van der Waals surface area contributed by atoms with E-state index in [4.69, 9.17) is 4.42 Å². The molecular weight excluding hydrogens is 342 g/mol. The molecule has 0 aliphatic carbocycles. The topological polar surface area (TPSA) is 76.1 Å². The normalized spacial score (nSPS) is 15.8. The molecule has 3 aromatic heterocycles. The fourth-order valence-electron chi connectivity index (χ4n) is 4.24. The van der Waals surface area contributed by atoms with Gasteiger partial charge in [-0.25, -0.2) is 4.79 Å². The number of benzene rings is 1. The standard InChI is InChI=1S/C21H21N3O3/c1-2-3-9-23-20(25)17-11-15-14-6-4-5-7-16(14)22-18(15)19(24(17)21(23)26)13-8-10-27-12-13/h4-8,10,12,19,22,25H,2-3,9,11H2,1H3/t19-/m1/s1. The second kappa shape index (κ2) is 5.94. The van der Waals surface area contributed by atoms with Gasteiger partial charge in [-0.15, -0.1) is 0 Å². The monoisotopic (exact) mass is 363 g/mol. The Morgan fingerprint density at radius 2 is 2.15 bits per heavy atom. The van der Waals surface area contributed by atoms with Crippen molar-refractivity contribution in [2.75, 3.05) is 0 Å². The fourth-order valence-corrected chi connectivity index (χ4v) is 4.24. The van der Waals surface area contributed by atoms with Crippen molar-refractivity contribution in [2.45, 2.75) is 38.8 Å². The van der Waals surface area contributed by atoms with Crippen LogP contribution in [0.5, 0.6) is 5.88 Å². The number of nitrogens with zero attached hydrogens (tertiary/aromatic N) is 2. The van der Waals surface area contributed by atoms with E-state index in [-0.39, 0.29) is 17.6 Å². The van der Waals surface area contributed by atoms with Gasteiger partial charge in [-0.3, -0.25) is 9.13 Å². The number of para-hydroxylation sites is 1. The molecule has 1 atom stereocenters. The highest BCUT2D eigenvalue weighted by Crippen LogP contribution is 2.40. The summed E-state index contributed by atoms with van der Waals surface area (Å²) in [7, 11) is 0. The van der Waals surface area contributed by atoms with Crippen molar-refractivity contribution in [1.82, 2.24) is 14.1 Å². The molecule has 0 saturated carbocycles. The van der Waals surface area contributed by atoms with Gasteiger partial charge in [-0.2, -0.15) is 0 Å². The number of hydrogen-bond donors (Lipinski definition) is 2. The van der Waals surface area contributed by atoms with Crippen molar-refractivity contribution in [3.8, 4) is 5.88 Å². The molecule has 2 N–H and O–H groups in total. The number of aromatic hydroxyl groups is 1. The molecule has 0 unspecified atom stereocenters. The molecule has 138 valence electrons. The Bertz CT molecular complexity index is 1180. The van der Waals surface area contributed by atoms with Crippen molar-refractivity contribution >= 4 is 10.9 Å². The van der Waals surface area contributed by atoms with Gasteiger partial charge in [0.1, 0.15) is 6.04 Å². The zero-order valence-electron chi connectivity index (χ0n) is 15.1. The highest BCUT2D eigenvalue weighted by Gasteiger charge is 2.35. The third kappa shape index (κ3) is 2.22. The van der Waals surface area contributed by atoms with Crippen LogP contribution >= 0.6 is 0 Å². The van der Waals surface area contributed by atoms with Gasteiger partial charge in [0.25, 0.3) is 0 Å². The minimum absolute atomic E-state index is 0.0814. The highest BCUT2D eigenvalue weighted by atomic mass is 16.3. The second-order valence-electron chi connectivity index (χ2n) is 7.13. The molecular formula is C21H21N3O3. The van der Waals surface area contributed by atoms with E-state index in [9.17, 15) is 9.90 Å². The Morgan fingerprint density at radius 3 is 2.93 bits per heavy atom. The molecule has 0 saturated heterocycles. The first-order chi connectivity index (χ1) is 13.2. The maximum absolute atomic E-state index is 13.2. The van der Waals surface area contributed by atoms with E-state index in [2.05, 4.69) is 18.0 Å². The summed E-state index contributed by atoms with van der Waals surface area (Å²) in [6.45, 7) is 2.59. The lowest BCUT2D eigenvalue weighted by Crippen LogP contribution is -2.32. The Morgan fingerprint density at radius 1 is 1.30 bits per heavy atom. The molecule has 1 aliphatic heterocycles. The van der Waals surface area contributed by atoms with E-state index in [0.717, 1.165) is 40.6 Å². The van der Waals surface area contributed by atoms with Crippen molar-refractivity contribution < 1.29 is 9.52 Å². The average Bonchev–Trinajstić information content (AvgIpc) is 3.38. The van der Waals surface area contributed by atoms with Crippen LogP contribution in [0.3, 0.4) is 0 Å². The predicted molar refractivity (Wildman–Crippen MR) is 102 cm³/mol. The number of rotatable bonds is 4. The Labute approximate surface area is 155 Å². The largest absolute Gasteiger partial charge is 0.493 e. The first-order valence-corrected chi connectivity index (χ1v) is 9.35. The van der Waals surface area contributed by atoms with Crippen LogP contribution in [-0.2, 0) is 13.0 Å². The van der Waals surface area contributed by atoms with Crippen molar-refractivity contribution in [1.29, 1.82) is 0 Å². The molecule has 27 heavy (non-hydrogen) atoms. The smallest absolute Gasteiger partial charge is 0.332 e. The van der Waals surface area contributed by atoms with Crippen LogP contribution in [0.2, 0.25) is 0 Å². The third-order valence-corrected chi connectivity index (χ3v) is 5.56. The molecule has 0 bridgehead atoms. The average molecular weight is 363 g/mol. The number of aromatic nitrogens is 3. The molecule has 5 rings (SSSR count). The molecule has 0 fully saturated rings. The van der Waals surface area contributed by atoms with Crippen LogP contribution in [0.15, 0.2) is 52.1 Å². The van der Waals surface area contributed by atoms with E-state index in [0.29, 0.717) is 18.7 Å². The molecule has 1 aliphatic rings. The molecule has 0 spiro atoms. The summed E-state index contributed by atoms with van der Waals surface area (Å²) in [5, 5.41) is 12.0. The first-order valence-electron chi connectivity index (χ1n) is 9.35. The maximum atomic E-state index is 13.2. The van der Waals surface area contributed by atoms with Crippen molar-refractivity contribution in [3.05, 3.63) is 75.9 Å². The zero-order valence-corrected chi connectivity index (χ0v) is 15.1. The minimum atomic E-state index is -0.337. The van der Waals surface area contributed by atoms with Crippen LogP contribution in [0.4, 0.5) is 0 Å². The van der Waals surface area contributed by atoms with Gasteiger partial charge in [0, 0.05) is 35.1 Å². The summed E-state index contributed by atoms with van der Waals surface area (Å²) in [5.41, 5.74) is 4.52. The van der Waals surface area contributed by atoms with Gasteiger partial charge >= 0.3 is 5.69 Å². The summed E-state index contributed by atoms with van der Waals surface area (Å²) in [6.07, 6.45) is 5.61. The summed E-state index contributed by atoms with van der Waals surface area (Å²) in [5.74, 6) is 0.0814. The highest BCUT2D eigenvalue weighted by molar-refractivity contribution is 5.85. The summed E-state index contributed by atoms with van der Waals surface area (Å²) in [4.78, 5) is 16.7. The number of hydrogen-bond acceptors (Lipinski definition) is 3. The van der Waals surface area contributed by atoms with Crippen LogP contribution in [-0.4, -0.2) is 19.2 Å². The molecule has 6 heteroatoms. The summed E-state index contributed by atoms with van der Waals surface area (Å²) >= 11 is 0. The van der Waals surface area contributed by atoms with Crippen molar-refractivity contribution in [2.24, 2.45) is 0 Å². The quantitative estimate of drug-likeness (QED) is 0.510. The van der Waals surface area contributed by atoms with Gasteiger partial charge in [0.05, 0.1) is 18.2 Å². The van der Waals surface area contributed by atoms with Crippen LogP contribution in [0.1, 0.15) is 48.3 Å². The van der Waals surface area contributed by atoms with Gasteiger partial charge in [0.15, 0.2) is 0 Å². The number of nitrogens with one attached hydrogen (secondary N) is 1. The van der Waals surface area contributed by atoms with E-state index < -0.39 is 0 Å². The van der Waals surface area contributed by atoms with Gasteiger partial charge in [-0.1, -0.05) is 31.5 Å². The lowest BCUT2D eigenvalue weighted by Gasteiger charge is -2.24. The lowest BCUT2D eigenvalue weighted by atomic mass is 9.94. The number of H-pyrrole nitrogens is 1. The fraction of sp³-hybridized carbons (Fsp3) is 0.286. The van der Waals surface area contributed by atoms with E-state index in [1.807, 2.05) is 24.3 Å². The predicted octanol–water partition coefficient (Wildman–Crippen LogP) is 3.77. The third-order valence-electron chi connectivity index (χ3n) is 5.56. The molecule has 4 heterocycles. The van der Waals surface area contributed by atoms with Crippen LogP contribution in [0.25, 0.3) is 10.9 Å². The minimum Gasteiger partial charge on any atom is -0.493 e. The molecule has 4 aromatic rings. The summed E-state index contributed by atoms with van der Waals surface area (Å²) in [6, 6.07) is 9.66. The number of imidazole rings is 1. The molecule has 0 amide bonds. The number of aromatic amines is 1. The first kappa shape index (κ1) is 16.1. The summed E-state index contributed by atoms with van der Waals surface area (Å²) < 4.78 is 8.53. The molecule has 6 nitrogen and oxygen atoms in total. The van der Waals surface area contributed by atoms with Crippen LogP contribution in [0, 0.1) is 0 Å². The van der Waals surface area contributed by atoms with E-state index >= 15 is 0 Å². The molecule has 1 aromatic carbocycles. The van der Waals surface area contributed by atoms with E-state index in [1.165, 1.54) is 4.57 Å².